The van der Waals surface area contributed by atoms with Gasteiger partial charge in [0.15, 0.2) is 0 Å². The van der Waals surface area contributed by atoms with Gasteiger partial charge in [-0.3, -0.25) is 4.90 Å². The van der Waals surface area contributed by atoms with E-state index in [1.807, 2.05) is 6.92 Å². The largest absolute Gasteiger partial charge is 0.397 e. The number of nitrogens with one attached hydrogen (secondary N) is 1. The molecule has 1 saturated heterocycles. The van der Waals surface area contributed by atoms with Crippen LogP contribution in [0.2, 0.25) is 5.02 Å². The zero-order valence-electron chi connectivity index (χ0n) is 12.4. The molecule has 1 fully saturated rings. The van der Waals surface area contributed by atoms with Gasteiger partial charge in [0, 0.05) is 12.6 Å². The van der Waals surface area contributed by atoms with E-state index < -0.39 is 10.0 Å². The summed E-state index contributed by atoms with van der Waals surface area (Å²) in [6, 6.07) is 3.13. The number of anilines is 1. The number of rotatable bonds is 5. The minimum Gasteiger partial charge on any atom is -0.397 e. The topological polar surface area (TPSA) is 75.4 Å². The average Bonchev–Trinajstić information content (AvgIpc) is 2.95. The molecule has 1 aromatic carbocycles. The molecule has 0 bridgehead atoms. The summed E-state index contributed by atoms with van der Waals surface area (Å²) in [4.78, 5) is 2.46. The predicted molar refractivity (Wildman–Crippen MR) is 86.1 cm³/mol. The summed E-state index contributed by atoms with van der Waals surface area (Å²) < 4.78 is 27.3. The van der Waals surface area contributed by atoms with Gasteiger partial charge >= 0.3 is 0 Å². The molecule has 0 aliphatic carbocycles. The van der Waals surface area contributed by atoms with Crippen LogP contribution in [0.5, 0.6) is 0 Å². The summed E-state index contributed by atoms with van der Waals surface area (Å²) in [5, 5.41) is 0.402. The quantitative estimate of drug-likeness (QED) is 0.809. The number of hydrogen-bond donors (Lipinski definition) is 2. The van der Waals surface area contributed by atoms with Crippen LogP contribution in [0.1, 0.15) is 25.3 Å². The summed E-state index contributed by atoms with van der Waals surface area (Å²) in [6.07, 6.45) is 2.37. The Hall–Kier alpha value is -0.820. The standard InChI is InChI=1S/C14H22ClN3O2S/c1-10-7-12(8-13(16)14(10)15)21(19,20)17-9-11(2)18-5-3-4-6-18/h7-8,11,17H,3-6,9,16H2,1-2H3. The van der Waals surface area contributed by atoms with E-state index in [9.17, 15) is 8.42 Å². The minimum atomic E-state index is -3.56. The van der Waals surface area contributed by atoms with Crippen LogP contribution in [-0.2, 0) is 10.0 Å². The summed E-state index contributed by atoms with van der Waals surface area (Å²) >= 11 is 5.97. The lowest BCUT2D eigenvalue weighted by molar-refractivity contribution is 0.260. The highest BCUT2D eigenvalue weighted by molar-refractivity contribution is 7.89. The molecule has 0 spiro atoms. The number of likely N-dealkylation sites (tertiary alicyclic amines) is 1. The van der Waals surface area contributed by atoms with Gasteiger partial charge in [-0.05, 0) is 57.5 Å². The lowest BCUT2D eigenvalue weighted by Crippen LogP contribution is -2.40. The maximum Gasteiger partial charge on any atom is 0.240 e. The Kier molecular flexibility index (Phi) is 5.14. The monoisotopic (exact) mass is 331 g/mol. The zero-order valence-corrected chi connectivity index (χ0v) is 14.0. The van der Waals surface area contributed by atoms with Crippen LogP contribution in [0.15, 0.2) is 17.0 Å². The van der Waals surface area contributed by atoms with Crippen molar-refractivity contribution >= 4 is 27.3 Å². The maximum atomic E-state index is 12.3. The number of aryl methyl sites for hydroxylation is 1. The van der Waals surface area contributed by atoms with Crippen molar-refractivity contribution in [1.82, 2.24) is 9.62 Å². The first-order chi connectivity index (χ1) is 9.81. The Morgan fingerprint density at radius 3 is 2.57 bits per heavy atom. The molecule has 1 heterocycles. The van der Waals surface area contributed by atoms with Crippen LogP contribution in [-0.4, -0.2) is 39.0 Å². The number of nitrogens with two attached hydrogens (primary N) is 1. The van der Waals surface area contributed by atoms with E-state index in [1.165, 1.54) is 18.9 Å². The third kappa shape index (κ3) is 3.88. The van der Waals surface area contributed by atoms with E-state index in [4.69, 9.17) is 17.3 Å². The van der Waals surface area contributed by atoms with Crippen molar-refractivity contribution in [2.75, 3.05) is 25.4 Å². The van der Waals surface area contributed by atoms with Gasteiger partial charge in [0.2, 0.25) is 10.0 Å². The number of hydrogen-bond acceptors (Lipinski definition) is 4. The van der Waals surface area contributed by atoms with Crippen LogP contribution in [0.4, 0.5) is 5.69 Å². The first-order valence-electron chi connectivity index (χ1n) is 7.10. The summed E-state index contributed by atoms with van der Waals surface area (Å²) in [5.74, 6) is 0. The highest BCUT2D eigenvalue weighted by atomic mass is 35.5. The Bertz CT molecular complexity index is 590. The number of halogens is 1. The Morgan fingerprint density at radius 2 is 2.00 bits per heavy atom. The van der Waals surface area contributed by atoms with Gasteiger partial charge in [-0.25, -0.2) is 13.1 Å². The minimum absolute atomic E-state index is 0.163. The Balaban J connectivity index is 2.08. The van der Waals surface area contributed by atoms with E-state index in [-0.39, 0.29) is 16.6 Å². The van der Waals surface area contributed by atoms with E-state index in [0.717, 1.165) is 13.1 Å². The van der Waals surface area contributed by atoms with Gasteiger partial charge in [-0.2, -0.15) is 0 Å². The zero-order chi connectivity index (χ0) is 15.6. The van der Waals surface area contributed by atoms with Gasteiger partial charge < -0.3 is 5.73 Å². The van der Waals surface area contributed by atoms with E-state index in [1.54, 1.807) is 13.0 Å². The molecule has 1 aliphatic heterocycles. The molecule has 0 amide bonds. The molecular formula is C14H22ClN3O2S. The van der Waals surface area contributed by atoms with Crippen molar-refractivity contribution in [3.8, 4) is 0 Å². The fourth-order valence-electron chi connectivity index (χ4n) is 2.54. The molecule has 0 radical (unpaired) electrons. The first kappa shape index (κ1) is 16.5. The lowest BCUT2D eigenvalue weighted by Gasteiger charge is -2.23. The smallest absolute Gasteiger partial charge is 0.240 e. The van der Waals surface area contributed by atoms with Crippen LogP contribution >= 0.6 is 11.6 Å². The maximum absolute atomic E-state index is 12.3. The van der Waals surface area contributed by atoms with Crippen LogP contribution < -0.4 is 10.5 Å². The van der Waals surface area contributed by atoms with E-state index >= 15 is 0 Å². The average molecular weight is 332 g/mol. The normalized spacial score (nSPS) is 18.0. The van der Waals surface area contributed by atoms with Gasteiger partial charge in [0.25, 0.3) is 0 Å². The van der Waals surface area contributed by atoms with E-state index in [2.05, 4.69) is 9.62 Å². The highest BCUT2D eigenvalue weighted by Crippen LogP contribution is 2.26. The second-order valence-electron chi connectivity index (χ2n) is 5.59. The molecule has 118 valence electrons. The van der Waals surface area contributed by atoms with Crippen molar-refractivity contribution in [3.05, 3.63) is 22.7 Å². The first-order valence-corrected chi connectivity index (χ1v) is 8.96. The molecule has 1 aliphatic rings. The molecular weight excluding hydrogens is 310 g/mol. The molecule has 3 N–H and O–H groups in total. The number of sulfonamides is 1. The van der Waals surface area contributed by atoms with Gasteiger partial charge in [0.1, 0.15) is 0 Å². The third-order valence-electron chi connectivity index (χ3n) is 3.90. The Labute approximate surface area is 131 Å². The molecule has 0 aromatic heterocycles. The van der Waals surface area contributed by atoms with Gasteiger partial charge in [-0.15, -0.1) is 0 Å². The molecule has 1 unspecified atom stereocenters. The van der Waals surface area contributed by atoms with Crippen molar-refractivity contribution in [2.45, 2.75) is 37.6 Å². The van der Waals surface area contributed by atoms with Crippen LogP contribution in [0, 0.1) is 6.92 Å². The summed E-state index contributed by atoms with van der Waals surface area (Å²) in [7, 11) is -3.56. The predicted octanol–water partition coefficient (Wildman–Crippen LogP) is 1.99. The molecule has 1 atom stereocenters. The molecule has 5 nitrogen and oxygen atoms in total. The second kappa shape index (κ2) is 6.52. The van der Waals surface area contributed by atoms with E-state index in [0.29, 0.717) is 17.1 Å². The van der Waals surface area contributed by atoms with Crippen molar-refractivity contribution in [1.29, 1.82) is 0 Å². The number of nitrogen functional groups attached to an aromatic ring is 1. The van der Waals surface area contributed by atoms with Gasteiger partial charge in [-0.1, -0.05) is 11.6 Å². The molecule has 0 saturated carbocycles. The highest BCUT2D eigenvalue weighted by Gasteiger charge is 2.21. The molecule has 2 rings (SSSR count). The fraction of sp³-hybridized carbons (Fsp3) is 0.571. The second-order valence-corrected chi connectivity index (χ2v) is 7.73. The molecule has 21 heavy (non-hydrogen) atoms. The third-order valence-corrected chi connectivity index (χ3v) is 5.82. The van der Waals surface area contributed by atoms with Crippen molar-refractivity contribution in [2.24, 2.45) is 0 Å². The number of benzene rings is 1. The fourth-order valence-corrected chi connectivity index (χ4v) is 3.89. The summed E-state index contributed by atoms with van der Waals surface area (Å²) in [5.41, 5.74) is 6.68. The summed E-state index contributed by atoms with van der Waals surface area (Å²) in [6.45, 7) is 6.25. The molecule has 1 aromatic rings. The van der Waals surface area contributed by atoms with Crippen molar-refractivity contribution in [3.63, 3.8) is 0 Å². The van der Waals surface area contributed by atoms with Crippen LogP contribution in [0.3, 0.4) is 0 Å². The Morgan fingerprint density at radius 1 is 1.38 bits per heavy atom. The SMILES string of the molecule is Cc1cc(S(=O)(=O)NCC(C)N2CCCC2)cc(N)c1Cl. The number of nitrogens with zero attached hydrogens (tertiary/aromatic N) is 1. The molecule has 7 heteroatoms. The van der Waals surface area contributed by atoms with Crippen molar-refractivity contribution < 1.29 is 8.42 Å². The lowest BCUT2D eigenvalue weighted by atomic mass is 10.2. The van der Waals surface area contributed by atoms with Crippen LogP contribution in [0.25, 0.3) is 0 Å². The van der Waals surface area contributed by atoms with Gasteiger partial charge in [0.05, 0.1) is 15.6 Å².